The first-order valence-corrected chi connectivity index (χ1v) is 11.8. The second-order valence-electron chi connectivity index (χ2n) is 8.19. The number of aromatic nitrogens is 1. The van der Waals surface area contributed by atoms with Crippen LogP contribution in [0.25, 0.3) is 27.9 Å². The minimum Gasteiger partial charge on any atom is -0.505 e. The molecule has 0 atom stereocenters. The third kappa shape index (κ3) is 3.35. The van der Waals surface area contributed by atoms with Crippen molar-refractivity contribution in [3.8, 4) is 28.4 Å². The zero-order valence-corrected chi connectivity index (χ0v) is 19.5. The molecule has 0 spiro atoms. The van der Waals surface area contributed by atoms with E-state index in [2.05, 4.69) is 0 Å². The summed E-state index contributed by atoms with van der Waals surface area (Å²) in [5, 5.41) is 11.3. The Labute approximate surface area is 204 Å². The first-order chi connectivity index (χ1) is 17.1. The first-order valence-electron chi connectivity index (χ1n) is 11.0. The van der Waals surface area contributed by atoms with Gasteiger partial charge in [0.2, 0.25) is 0 Å². The van der Waals surface area contributed by atoms with Gasteiger partial charge in [-0.15, -0.1) is 0 Å². The molecule has 6 rings (SSSR count). The van der Waals surface area contributed by atoms with Crippen molar-refractivity contribution in [2.75, 3.05) is 7.11 Å². The number of para-hydroxylation sites is 1. The van der Waals surface area contributed by atoms with Crippen LogP contribution in [0.4, 0.5) is 0 Å². The van der Waals surface area contributed by atoms with Gasteiger partial charge >= 0.3 is 5.63 Å². The zero-order valence-electron chi connectivity index (χ0n) is 18.6. The van der Waals surface area contributed by atoms with Gasteiger partial charge in [-0.2, -0.15) is 0 Å². The van der Waals surface area contributed by atoms with Crippen LogP contribution >= 0.6 is 11.8 Å². The molecule has 2 heterocycles. The maximum Gasteiger partial charge on any atom is 0.354 e. The summed E-state index contributed by atoms with van der Waals surface area (Å²) in [4.78, 5) is 27.6. The number of hydrogen-bond acceptors (Lipinski definition) is 6. The predicted molar refractivity (Wildman–Crippen MR) is 135 cm³/mol. The second-order valence-corrected chi connectivity index (χ2v) is 9.27. The molecule has 172 valence electrons. The number of methoxy groups -OCH3 is 1. The van der Waals surface area contributed by atoms with E-state index in [1.54, 1.807) is 35.9 Å². The van der Waals surface area contributed by atoms with Crippen LogP contribution in [0.5, 0.6) is 11.5 Å². The van der Waals surface area contributed by atoms with Gasteiger partial charge in [-0.3, -0.25) is 9.36 Å². The van der Waals surface area contributed by atoms with Crippen LogP contribution in [0.3, 0.4) is 0 Å². The Morgan fingerprint density at radius 3 is 2.54 bits per heavy atom. The Morgan fingerprint density at radius 2 is 1.74 bits per heavy atom. The molecule has 3 aromatic carbocycles. The van der Waals surface area contributed by atoms with Gasteiger partial charge in [-0.1, -0.05) is 60.3 Å². The van der Waals surface area contributed by atoms with E-state index in [0.717, 1.165) is 22.9 Å². The molecule has 5 aromatic rings. The van der Waals surface area contributed by atoms with Crippen molar-refractivity contribution in [2.24, 2.45) is 0 Å². The van der Waals surface area contributed by atoms with Crippen LogP contribution in [0.2, 0.25) is 0 Å². The summed E-state index contributed by atoms with van der Waals surface area (Å²) in [6.45, 7) is 0. The number of ether oxygens (including phenoxy) is 1. The smallest absolute Gasteiger partial charge is 0.354 e. The quantitative estimate of drug-likeness (QED) is 0.364. The average molecular weight is 482 g/mol. The molecule has 35 heavy (non-hydrogen) atoms. The molecule has 2 aromatic heterocycles. The summed E-state index contributed by atoms with van der Waals surface area (Å²) in [5.74, 6) is 0.235. The number of rotatable bonds is 4. The van der Waals surface area contributed by atoms with Crippen molar-refractivity contribution in [2.45, 2.75) is 16.2 Å². The molecular weight excluding hydrogens is 462 g/mol. The Balaban J connectivity index is 1.67. The first kappa shape index (κ1) is 21.3. The van der Waals surface area contributed by atoms with Gasteiger partial charge in [0.25, 0.3) is 5.56 Å². The van der Waals surface area contributed by atoms with E-state index in [0.29, 0.717) is 34.0 Å². The lowest BCUT2D eigenvalue weighted by molar-refractivity contribution is 0.413. The molecule has 1 N–H and O–H groups in total. The monoisotopic (exact) mass is 481 g/mol. The van der Waals surface area contributed by atoms with Gasteiger partial charge in [0.15, 0.2) is 11.3 Å². The van der Waals surface area contributed by atoms with Gasteiger partial charge in [-0.05, 0) is 35.9 Å². The van der Waals surface area contributed by atoms with E-state index in [9.17, 15) is 14.7 Å². The highest BCUT2D eigenvalue weighted by atomic mass is 32.2. The summed E-state index contributed by atoms with van der Waals surface area (Å²) >= 11 is 1.03. The number of aromatic hydroxyl groups is 1. The Hall–Kier alpha value is -4.23. The van der Waals surface area contributed by atoms with Crippen LogP contribution in [0.15, 0.2) is 103 Å². The summed E-state index contributed by atoms with van der Waals surface area (Å²) in [5.41, 5.74) is 2.97. The van der Waals surface area contributed by atoms with Crippen molar-refractivity contribution < 1.29 is 14.3 Å². The van der Waals surface area contributed by atoms with E-state index in [1.807, 2.05) is 54.6 Å². The molecule has 0 radical (unpaired) electrons. The van der Waals surface area contributed by atoms with E-state index in [-0.39, 0.29) is 21.6 Å². The number of fused-ring (bicyclic) bond motifs is 5. The van der Waals surface area contributed by atoms with Crippen molar-refractivity contribution in [3.05, 3.63) is 111 Å². The molecule has 0 amide bonds. The van der Waals surface area contributed by atoms with Crippen molar-refractivity contribution in [3.63, 3.8) is 0 Å². The van der Waals surface area contributed by atoms with Crippen molar-refractivity contribution >= 4 is 22.7 Å². The standard InChI is InChI=1S/C28H19NO5S/c1-33-18-11-7-12-19(15-18)35-26-24(30)22-25(34-28(26)32)21-14-16-8-5-6-13-20(16)23(21)29(27(22)31)17-9-3-2-4-10-17/h2-13,15,30H,14H2,1H3. The molecule has 6 nitrogen and oxygen atoms in total. The minimum atomic E-state index is -0.696. The van der Waals surface area contributed by atoms with Crippen molar-refractivity contribution in [1.82, 2.24) is 4.57 Å². The minimum absolute atomic E-state index is 0.00888. The summed E-state index contributed by atoms with van der Waals surface area (Å²) in [6, 6.07) is 24.2. The molecule has 1 aliphatic carbocycles. The molecule has 7 heteroatoms. The lowest BCUT2D eigenvalue weighted by atomic mass is 10.1. The molecule has 1 aliphatic rings. The zero-order chi connectivity index (χ0) is 24.1. The lowest BCUT2D eigenvalue weighted by Crippen LogP contribution is -2.22. The van der Waals surface area contributed by atoms with E-state index < -0.39 is 11.2 Å². The maximum atomic E-state index is 13.9. The van der Waals surface area contributed by atoms with Crippen LogP contribution in [0.1, 0.15) is 11.1 Å². The van der Waals surface area contributed by atoms with E-state index >= 15 is 0 Å². The number of nitrogens with zero attached hydrogens (tertiary/aromatic N) is 1. The molecule has 0 bridgehead atoms. The van der Waals surface area contributed by atoms with Crippen LogP contribution in [-0.2, 0) is 6.42 Å². The van der Waals surface area contributed by atoms with Gasteiger partial charge in [0.1, 0.15) is 16.0 Å². The maximum absolute atomic E-state index is 13.9. The normalized spacial score (nSPS) is 11.9. The summed E-state index contributed by atoms with van der Waals surface area (Å²) < 4.78 is 12.6. The molecule has 0 saturated carbocycles. The van der Waals surface area contributed by atoms with Gasteiger partial charge in [0, 0.05) is 28.1 Å². The van der Waals surface area contributed by atoms with Gasteiger partial charge in [0.05, 0.1) is 12.8 Å². The fourth-order valence-electron chi connectivity index (χ4n) is 4.61. The molecule has 0 saturated heterocycles. The second kappa shape index (κ2) is 8.21. The highest BCUT2D eigenvalue weighted by Gasteiger charge is 2.31. The third-order valence-corrected chi connectivity index (χ3v) is 7.23. The Morgan fingerprint density at radius 1 is 0.971 bits per heavy atom. The van der Waals surface area contributed by atoms with E-state index in [4.69, 9.17) is 9.15 Å². The molecule has 0 aliphatic heterocycles. The fourth-order valence-corrected chi connectivity index (χ4v) is 5.49. The van der Waals surface area contributed by atoms with Crippen molar-refractivity contribution in [1.29, 1.82) is 0 Å². The molecule has 0 unspecified atom stereocenters. The van der Waals surface area contributed by atoms with E-state index in [1.165, 1.54) is 0 Å². The van der Waals surface area contributed by atoms with Crippen LogP contribution in [0, 0.1) is 0 Å². The predicted octanol–water partition coefficient (Wildman–Crippen LogP) is 5.38. The highest BCUT2D eigenvalue weighted by molar-refractivity contribution is 7.99. The lowest BCUT2D eigenvalue weighted by Gasteiger charge is -2.16. The molecular formula is C28H19NO5S. The number of benzene rings is 3. The Kier molecular flexibility index (Phi) is 5.00. The third-order valence-electron chi connectivity index (χ3n) is 6.17. The average Bonchev–Trinajstić information content (AvgIpc) is 3.27. The highest BCUT2D eigenvalue weighted by Crippen LogP contribution is 2.43. The summed E-state index contributed by atoms with van der Waals surface area (Å²) in [7, 11) is 1.55. The number of pyridine rings is 1. The topological polar surface area (TPSA) is 81.7 Å². The Bertz CT molecular complexity index is 1740. The molecule has 0 fully saturated rings. The van der Waals surface area contributed by atoms with Crippen LogP contribution < -0.4 is 15.9 Å². The van der Waals surface area contributed by atoms with Crippen LogP contribution in [-0.4, -0.2) is 16.8 Å². The summed E-state index contributed by atoms with van der Waals surface area (Å²) in [6.07, 6.45) is 0.486. The SMILES string of the molecule is COc1cccc(Sc2c(O)c3c(=O)n(-c4ccccc4)c4c(c3oc2=O)Cc2ccccc2-4)c1. The fraction of sp³-hybridized carbons (Fsp3) is 0.0714. The number of hydrogen-bond donors (Lipinski definition) is 1. The largest absolute Gasteiger partial charge is 0.505 e. The van der Waals surface area contributed by atoms with Gasteiger partial charge in [-0.25, -0.2) is 4.79 Å². The van der Waals surface area contributed by atoms with Gasteiger partial charge < -0.3 is 14.3 Å².